The number of carbonyl (C=O) groups is 1. The fourth-order valence-corrected chi connectivity index (χ4v) is 5.24. The molecule has 0 unspecified atom stereocenters. The largest absolute Gasteiger partial charge is 0.497 e. The lowest BCUT2D eigenvalue weighted by molar-refractivity contribution is -0.114. The van der Waals surface area contributed by atoms with Crippen LogP contribution in [0.15, 0.2) is 57.8 Å². The van der Waals surface area contributed by atoms with E-state index in [-0.39, 0.29) is 15.7 Å². The number of rotatable bonds is 8. The maximum absolute atomic E-state index is 13.3. The van der Waals surface area contributed by atoms with Gasteiger partial charge in [0, 0.05) is 5.02 Å². The second-order valence-corrected chi connectivity index (χ2v) is 10.1. The van der Waals surface area contributed by atoms with Crippen molar-refractivity contribution in [1.82, 2.24) is 10.2 Å². The van der Waals surface area contributed by atoms with Gasteiger partial charge < -0.3 is 4.74 Å². The molecule has 0 aliphatic heterocycles. The molecule has 1 aromatic heterocycles. The fraction of sp³-hybridized carbons (Fsp3) is 0.167. The van der Waals surface area contributed by atoms with Gasteiger partial charge in [-0.3, -0.25) is 14.4 Å². The number of halogens is 1. The van der Waals surface area contributed by atoms with Crippen LogP contribution in [0.3, 0.4) is 0 Å². The Morgan fingerprint density at radius 2 is 1.97 bits per heavy atom. The highest BCUT2D eigenvalue weighted by molar-refractivity contribution is 8.00. The summed E-state index contributed by atoms with van der Waals surface area (Å²) in [5, 5.41) is 11.0. The molecule has 0 fully saturated rings. The molecule has 2 aromatic carbocycles. The normalized spacial score (nSPS) is 11.2. The van der Waals surface area contributed by atoms with Crippen LogP contribution in [0.5, 0.6) is 5.75 Å². The molecule has 158 valence electrons. The zero-order valence-electron chi connectivity index (χ0n) is 15.9. The van der Waals surface area contributed by atoms with Crippen LogP contribution in [0.1, 0.15) is 0 Å². The first-order chi connectivity index (χ1) is 14.3. The summed E-state index contributed by atoms with van der Waals surface area (Å²) in [6.07, 6.45) is 1.84. The third-order valence-electron chi connectivity index (χ3n) is 3.86. The molecule has 30 heavy (non-hydrogen) atoms. The second-order valence-electron chi connectivity index (χ2n) is 5.79. The summed E-state index contributed by atoms with van der Waals surface area (Å²) in [4.78, 5) is 12.6. The van der Waals surface area contributed by atoms with Gasteiger partial charge in [-0.05, 0) is 48.7 Å². The summed E-state index contributed by atoms with van der Waals surface area (Å²) < 4.78 is 33.4. The molecule has 0 bridgehead atoms. The van der Waals surface area contributed by atoms with Gasteiger partial charge in [0.1, 0.15) is 12.3 Å². The van der Waals surface area contributed by atoms with E-state index < -0.39 is 22.5 Å². The molecule has 1 amide bonds. The van der Waals surface area contributed by atoms with Crippen LogP contribution in [0.2, 0.25) is 5.02 Å². The van der Waals surface area contributed by atoms with Gasteiger partial charge in [-0.25, -0.2) is 8.42 Å². The molecule has 8 nitrogen and oxygen atoms in total. The number of anilines is 2. The molecule has 0 aliphatic rings. The summed E-state index contributed by atoms with van der Waals surface area (Å²) in [5.74, 6) is -0.0438. The summed E-state index contributed by atoms with van der Waals surface area (Å²) in [7, 11) is -2.57. The predicted molar refractivity (Wildman–Crippen MR) is 119 cm³/mol. The van der Waals surface area contributed by atoms with Crippen molar-refractivity contribution in [2.45, 2.75) is 9.24 Å². The zero-order chi connectivity index (χ0) is 21.7. The summed E-state index contributed by atoms with van der Waals surface area (Å²) in [6.45, 7) is -0.469. The van der Waals surface area contributed by atoms with Gasteiger partial charge in [-0.15, -0.1) is 10.2 Å². The molecule has 0 saturated heterocycles. The Morgan fingerprint density at radius 1 is 1.23 bits per heavy atom. The topological polar surface area (TPSA) is 101 Å². The summed E-state index contributed by atoms with van der Waals surface area (Å²) in [6, 6.07) is 12.2. The van der Waals surface area contributed by atoms with Crippen molar-refractivity contribution >= 4 is 61.4 Å². The van der Waals surface area contributed by atoms with E-state index in [9.17, 15) is 13.2 Å². The Kier molecular flexibility index (Phi) is 7.19. The van der Waals surface area contributed by atoms with Crippen molar-refractivity contribution in [2.24, 2.45) is 0 Å². The van der Waals surface area contributed by atoms with Gasteiger partial charge in [0.2, 0.25) is 11.0 Å². The Bertz CT molecular complexity index is 1140. The summed E-state index contributed by atoms with van der Waals surface area (Å²) in [5.41, 5.74) is 0.260. The third-order valence-corrected chi connectivity index (χ3v) is 7.70. The molecule has 3 aromatic rings. The Balaban J connectivity index is 1.92. The van der Waals surface area contributed by atoms with E-state index in [0.29, 0.717) is 15.1 Å². The van der Waals surface area contributed by atoms with Crippen LogP contribution in [-0.4, -0.2) is 44.4 Å². The standard InChI is InChI=1S/C18H17ClN4O4S3/c1-27-14-6-8-15(9-7-14)30(25,26)23(13-5-3-4-12(19)10-13)11-16(24)20-17-21-22-18(28-2)29-17/h3-10H,11H2,1-2H3,(H,20,21,24). The number of sulfonamides is 1. The Hall–Kier alpha value is -2.34. The maximum Gasteiger partial charge on any atom is 0.264 e. The minimum atomic E-state index is -4.06. The number of amides is 1. The Morgan fingerprint density at radius 3 is 2.57 bits per heavy atom. The number of hydrogen-bond acceptors (Lipinski definition) is 8. The molecular weight excluding hydrogens is 468 g/mol. The van der Waals surface area contributed by atoms with Crippen LogP contribution in [-0.2, 0) is 14.8 Å². The van der Waals surface area contributed by atoms with Gasteiger partial charge in [0.25, 0.3) is 10.0 Å². The lowest BCUT2D eigenvalue weighted by Crippen LogP contribution is -2.38. The predicted octanol–water partition coefficient (Wildman–Crippen LogP) is 3.76. The number of methoxy groups -OCH3 is 1. The van der Waals surface area contributed by atoms with Crippen molar-refractivity contribution in [3.8, 4) is 5.75 Å². The average molecular weight is 485 g/mol. The lowest BCUT2D eigenvalue weighted by atomic mass is 10.3. The third kappa shape index (κ3) is 5.22. The SMILES string of the molecule is COc1ccc(S(=O)(=O)N(CC(=O)Nc2nnc(SC)s2)c2cccc(Cl)c2)cc1. The first-order valence-corrected chi connectivity index (χ1v) is 12.3. The van der Waals surface area contributed by atoms with Crippen molar-refractivity contribution in [2.75, 3.05) is 29.5 Å². The van der Waals surface area contributed by atoms with Gasteiger partial charge >= 0.3 is 0 Å². The highest BCUT2D eigenvalue weighted by atomic mass is 35.5. The molecule has 0 spiro atoms. The van der Waals surface area contributed by atoms with E-state index >= 15 is 0 Å². The van der Waals surface area contributed by atoms with Crippen LogP contribution in [0, 0.1) is 0 Å². The molecular formula is C18H17ClN4O4S3. The van der Waals surface area contributed by atoms with E-state index in [2.05, 4.69) is 15.5 Å². The number of thioether (sulfide) groups is 1. The summed E-state index contributed by atoms with van der Waals surface area (Å²) >= 11 is 8.65. The van der Waals surface area contributed by atoms with Gasteiger partial charge in [0.05, 0.1) is 17.7 Å². The molecule has 0 saturated carbocycles. The fourth-order valence-electron chi connectivity index (χ4n) is 2.45. The van der Waals surface area contributed by atoms with Crippen molar-refractivity contribution in [3.05, 3.63) is 53.6 Å². The van der Waals surface area contributed by atoms with Crippen LogP contribution >= 0.6 is 34.7 Å². The number of carbonyl (C=O) groups excluding carboxylic acids is 1. The first-order valence-electron chi connectivity index (χ1n) is 8.43. The van der Waals surface area contributed by atoms with E-state index in [0.717, 1.165) is 4.31 Å². The number of benzene rings is 2. The maximum atomic E-state index is 13.3. The number of hydrogen-bond donors (Lipinski definition) is 1. The second kappa shape index (κ2) is 9.65. The molecule has 3 rings (SSSR count). The van der Waals surface area contributed by atoms with Gasteiger partial charge in [-0.1, -0.05) is 40.8 Å². The van der Waals surface area contributed by atoms with Crippen molar-refractivity contribution in [1.29, 1.82) is 0 Å². The monoisotopic (exact) mass is 484 g/mol. The van der Waals surface area contributed by atoms with E-state index in [1.54, 1.807) is 18.2 Å². The van der Waals surface area contributed by atoms with Crippen LogP contribution in [0.4, 0.5) is 10.8 Å². The highest BCUT2D eigenvalue weighted by Crippen LogP contribution is 2.28. The number of nitrogens with one attached hydrogen (secondary N) is 1. The quantitative estimate of drug-likeness (QED) is 0.383. The molecule has 0 radical (unpaired) electrons. The van der Waals surface area contributed by atoms with Crippen LogP contribution in [0.25, 0.3) is 0 Å². The van der Waals surface area contributed by atoms with Crippen molar-refractivity contribution in [3.63, 3.8) is 0 Å². The highest BCUT2D eigenvalue weighted by Gasteiger charge is 2.28. The minimum Gasteiger partial charge on any atom is -0.497 e. The molecule has 1 heterocycles. The van der Waals surface area contributed by atoms with Gasteiger partial charge in [-0.2, -0.15) is 0 Å². The Labute approximate surface area is 187 Å². The lowest BCUT2D eigenvalue weighted by Gasteiger charge is -2.24. The molecule has 0 aliphatic carbocycles. The number of nitrogens with zero attached hydrogens (tertiary/aromatic N) is 3. The smallest absolute Gasteiger partial charge is 0.264 e. The molecule has 1 N–H and O–H groups in total. The van der Waals surface area contributed by atoms with E-state index in [4.69, 9.17) is 16.3 Å². The average Bonchev–Trinajstić information content (AvgIpc) is 3.19. The van der Waals surface area contributed by atoms with E-state index in [1.165, 1.54) is 60.5 Å². The minimum absolute atomic E-state index is 0.0108. The number of aromatic nitrogens is 2. The van der Waals surface area contributed by atoms with Gasteiger partial charge in [0.15, 0.2) is 4.34 Å². The zero-order valence-corrected chi connectivity index (χ0v) is 19.1. The molecule has 12 heteroatoms. The van der Waals surface area contributed by atoms with E-state index in [1.807, 2.05) is 6.26 Å². The molecule has 0 atom stereocenters. The first kappa shape index (κ1) is 22.3. The van der Waals surface area contributed by atoms with Crippen molar-refractivity contribution < 1.29 is 17.9 Å². The number of ether oxygens (including phenoxy) is 1. The van der Waals surface area contributed by atoms with Crippen LogP contribution < -0.4 is 14.4 Å².